The number of thiophene rings is 1. The third-order valence-electron chi connectivity index (χ3n) is 3.08. The summed E-state index contributed by atoms with van der Waals surface area (Å²) in [5.74, 6) is 2.74. The number of anilines is 1. The topological polar surface area (TPSA) is 33.2 Å². The highest BCUT2D eigenvalue weighted by atomic mass is 32.1. The Morgan fingerprint density at radius 1 is 1.53 bits per heavy atom. The minimum absolute atomic E-state index is 0.0174. The highest BCUT2D eigenvalue weighted by molar-refractivity contribution is 7.17. The van der Waals surface area contributed by atoms with Crippen molar-refractivity contribution in [1.29, 1.82) is 0 Å². The maximum absolute atomic E-state index is 11.9. The lowest BCUT2D eigenvalue weighted by atomic mass is 10.1. The molecule has 3 rings (SSSR count). The molecule has 5 heteroatoms. The van der Waals surface area contributed by atoms with Gasteiger partial charge in [0.05, 0.1) is 10.6 Å². The Bertz CT molecular complexity index is 665. The standard InChI is InChI=1S/C14H12N2OS2/c1-3-10-6-13(17)16(7-10)14-15-11(8-18-14)12-5-4-9(2)19-12/h1,4-5,8,10H,6-7H2,2H3. The highest BCUT2D eigenvalue weighted by Gasteiger charge is 2.31. The van der Waals surface area contributed by atoms with E-state index in [0.29, 0.717) is 13.0 Å². The second-order valence-corrected chi connectivity index (χ2v) is 6.62. The fourth-order valence-corrected chi connectivity index (χ4v) is 3.83. The highest BCUT2D eigenvalue weighted by Crippen LogP contribution is 2.34. The Kier molecular flexibility index (Phi) is 3.13. The molecule has 3 nitrogen and oxygen atoms in total. The molecule has 2 aromatic heterocycles. The minimum Gasteiger partial charge on any atom is -0.287 e. The first-order valence-corrected chi connectivity index (χ1v) is 7.66. The number of amides is 1. The van der Waals surface area contributed by atoms with Gasteiger partial charge < -0.3 is 0 Å². The van der Waals surface area contributed by atoms with Crippen molar-refractivity contribution < 1.29 is 4.79 Å². The Hall–Kier alpha value is -1.64. The third-order valence-corrected chi connectivity index (χ3v) is 4.96. The lowest BCUT2D eigenvalue weighted by molar-refractivity contribution is -0.117. The SMILES string of the molecule is C#CC1CC(=O)N(c2nc(-c3ccc(C)s3)cs2)C1. The first kappa shape index (κ1) is 12.4. The molecular formula is C14H12N2OS2. The van der Waals surface area contributed by atoms with Crippen molar-refractivity contribution >= 4 is 33.7 Å². The van der Waals surface area contributed by atoms with Gasteiger partial charge >= 0.3 is 0 Å². The second-order valence-electron chi connectivity index (χ2n) is 4.50. The zero-order valence-corrected chi connectivity index (χ0v) is 12.1. The number of hydrogen-bond acceptors (Lipinski definition) is 4. The van der Waals surface area contributed by atoms with Crippen molar-refractivity contribution in [3.63, 3.8) is 0 Å². The van der Waals surface area contributed by atoms with Crippen LogP contribution in [0.5, 0.6) is 0 Å². The number of terminal acetylenes is 1. The van der Waals surface area contributed by atoms with Gasteiger partial charge in [-0.1, -0.05) is 0 Å². The van der Waals surface area contributed by atoms with E-state index in [-0.39, 0.29) is 11.8 Å². The molecule has 0 spiro atoms. The maximum atomic E-state index is 11.9. The van der Waals surface area contributed by atoms with Crippen LogP contribution in [0.15, 0.2) is 17.5 Å². The minimum atomic E-state index is 0.0174. The first-order valence-electron chi connectivity index (χ1n) is 5.96. The summed E-state index contributed by atoms with van der Waals surface area (Å²) in [7, 11) is 0. The number of rotatable bonds is 2. The molecule has 19 heavy (non-hydrogen) atoms. The smallest absolute Gasteiger partial charge is 0.230 e. The number of hydrogen-bond donors (Lipinski definition) is 0. The Morgan fingerprint density at radius 3 is 3.00 bits per heavy atom. The van der Waals surface area contributed by atoms with Gasteiger partial charge in [0, 0.05) is 29.1 Å². The quantitative estimate of drug-likeness (QED) is 0.795. The van der Waals surface area contributed by atoms with Crippen LogP contribution >= 0.6 is 22.7 Å². The fraction of sp³-hybridized carbons (Fsp3) is 0.286. The summed E-state index contributed by atoms with van der Waals surface area (Å²) in [6.45, 7) is 2.66. The van der Waals surface area contributed by atoms with Crippen molar-refractivity contribution in [1.82, 2.24) is 4.98 Å². The molecule has 1 unspecified atom stereocenters. The van der Waals surface area contributed by atoms with Gasteiger partial charge in [0.1, 0.15) is 0 Å². The average Bonchev–Trinajstić information content (AvgIpc) is 3.07. The van der Waals surface area contributed by atoms with E-state index in [2.05, 4.69) is 30.0 Å². The van der Waals surface area contributed by atoms with Crippen LogP contribution in [-0.4, -0.2) is 17.4 Å². The molecule has 0 bridgehead atoms. The summed E-state index contributed by atoms with van der Waals surface area (Å²) in [6.07, 6.45) is 5.83. The van der Waals surface area contributed by atoms with Gasteiger partial charge in [0.2, 0.25) is 5.91 Å². The van der Waals surface area contributed by atoms with Gasteiger partial charge in [-0.3, -0.25) is 9.69 Å². The van der Waals surface area contributed by atoms with Crippen molar-refractivity contribution in [2.45, 2.75) is 13.3 Å². The fourth-order valence-electron chi connectivity index (χ4n) is 2.08. The van der Waals surface area contributed by atoms with E-state index in [0.717, 1.165) is 15.7 Å². The summed E-state index contributed by atoms with van der Waals surface area (Å²) in [5, 5.41) is 2.75. The van der Waals surface area contributed by atoms with E-state index in [1.165, 1.54) is 16.2 Å². The normalized spacial score (nSPS) is 18.8. The number of carbonyl (C=O) groups excluding carboxylic acids is 1. The van der Waals surface area contributed by atoms with E-state index < -0.39 is 0 Å². The van der Waals surface area contributed by atoms with E-state index in [4.69, 9.17) is 6.42 Å². The van der Waals surface area contributed by atoms with Crippen LogP contribution < -0.4 is 4.90 Å². The lowest BCUT2D eigenvalue weighted by Crippen LogP contribution is -2.24. The summed E-state index contributed by atoms with van der Waals surface area (Å²) in [6, 6.07) is 4.14. The van der Waals surface area contributed by atoms with Crippen LogP contribution in [0.4, 0.5) is 5.13 Å². The molecule has 0 saturated carbocycles. The first-order chi connectivity index (χ1) is 9.17. The number of nitrogens with zero attached hydrogens (tertiary/aromatic N) is 2. The van der Waals surface area contributed by atoms with Crippen LogP contribution in [0.2, 0.25) is 0 Å². The van der Waals surface area contributed by atoms with Crippen molar-refractivity contribution in [2.75, 3.05) is 11.4 Å². The molecule has 2 aromatic rings. The summed E-state index contributed by atoms with van der Waals surface area (Å²) >= 11 is 3.21. The van der Waals surface area contributed by atoms with E-state index in [9.17, 15) is 4.79 Å². The lowest BCUT2D eigenvalue weighted by Gasteiger charge is -2.10. The summed E-state index contributed by atoms with van der Waals surface area (Å²) in [5.41, 5.74) is 0.940. The number of aryl methyl sites for hydroxylation is 1. The van der Waals surface area contributed by atoms with Crippen LogP contribution in [0.25, 0.3) is 10.6 Å². The Balaban J connectivity index is 1.86. The molecule has 1 fully saturated rings. The molecule has 3 heterocycles. The van der Waals surface area contributed by atoms with Crippen molar-refractivity contribution in [3.8, 4) is 22.9 Å². The van der Waals surface area contributed by atoms with Gasteiger partial charge in [0.15, 0.2) is 5.13 Å². The zero-order chi connectivity index (χ0) is 13.4. The average molecular weight is 288 g/mol. The van der Waals surface area contributed by atoms with Crippen LogP contribution in [0.3, 0.4) is 0 Å². The molecule has 0 aliphatic carbocycles. The molecule has 1 atom stereocenters. The zero-order valence-electron chi connectivity index (χ0n) is 10.4. The summed E-state index contributed by atoms with van der Waals surface area (Å²) in [4.78, 5) is 20.6. The largest absolute Gasteiger partial charge is 0.287 e. The molecule has 0 radical (unpaired) electrons. The number of carbonyl (C=O) groups is 1. The molecule has 1 saturated heterocycles. The predicted octanol–water partition coefficient (Wildman–Crippen LogP) is 3.17. The van der Waals surface area contributed by atoms with Gasteiger partial charge in [-0.05, 0) is 19.1 Å². The monoisotopic (exact) mass is 288 g/mol. The number of thiazole rings is 1. The van der Waals surface area contributed by atoms with Crippen molar-refractivity contribution in [3.05, 3.63) is 22.4 Å². The van der Waals surface area contributed by atoms with Crippen LogP contribution in [0, 0.1) is 25.2 Å². The molecule has 1 amide bonds. The van der Waals surface area contributed by atoms with Gasteiger partial charge in [-0.25, -0.2) is 4.98 Å². The van der Waals surface area contributed by atoms with E-state index in [1.54, 1.807) is 16.2 Å². The summed E-state index contributed by atoms with van der Waals surface area (Å²) < 4.78 is 0. The Labute approximate surface area is 119 Å². The number of aromatic nitrogens is 1. The predicted molar refractivity (Wildman–Crippen MR) is 79.5 cm³/mol. The van der Waals surface area contributed by atoms with Crippen LogP contribution in [0.1, 0.15) is 11.3 Å². The van der Waals surface area contributed by atoms with Crippen molar-refractivity contribution in [2.24, 2.45) is 5.92 Å². The molecular weight excluding hydrogens is 276 g/mol. The van der Waals surface area contributed by atoms with Crippen LogP contribution in [-0.2, 0) is 4.79 Å². The molecule has 0 N–H and O–H groups in total. The van der Waals surface area contributed by atoms with Gasteiger partial charge in [-0.15, -0.1) is 35.0 Å². The molecule has 1 aliphatic heterocycles. The molecule has 0 aromatic carbocycles. The van der Waals surface area contributed by atoms with Gasteiger partial charge in [-0.2, -0.15) is 0 Å². The Morgan fingerprint density at radius 2 is 2.37 bits per heavy atom. The maximum Gasteiger partial charge on any atom is 0.230 e. The van der Waals surface area contributed by atoms with E-state index >= 15 is 0 Å². The molecule has 96 valence electrons. The van der Waals surface area contributed by atoms with E-state index in [1.807, 2.05) is 5.38 Å². The van der Waals surface area contributed by atoms with Gasteiger partial charge in [0.25, 0.3) is 0 Å². The second kappa shape index (κ2) is 4.80. The molecule has 1 aliphatic rings. The third kappa shape index (κ3) is 2.29.